The normalized spacial score (nSPS) is 11.5. The minimum Gasteiger partial charge on any atom is -0.490 e. The fourth-order valence-corrected chi connectivity index (χ4v) is 2.06. The molecule has 23 heavy (non-hydrogen) atoms. The van der Waals surface area contributed by atoms with E-state index >= 15 is 0 Å². The van der Waals surface area contributed by atoms with Crippen LogP contribution in [0.25, 0.3) is 0 Å². The van der Waals surface area contributed by atoms with Crippen molar-refractivity contribution in [3.63, 3.8) is 0 Å². The Morgan fingerprint density at radius 2 is 1.96 bits per heavy atom. The molecule has 1 atom stereocenters. The van der Waals surface area contributed by atoms with E-state index in [4.69, 9.17) is 19.0 Å². The lowest BCUT2D eigenvalue weighted by molar-refractivity contribution is 0.0660. The lowest BCUT2D eigenvalue weighted by Crippen LogP contribution is -2.05. The number of nitrogens with zero attached hydrogens (tertiary/aromatic N) is 1. The number of ether oxygens (including phenoxy) is 2. The molecule has 2 rings (SSSR count). The summed E-state index contributed by atoms with van der Waals surface area (Å²) < 4.78 is 16.3. The first-order valence-corrected chi connectivity index (χ1v) is 7.23. The average Bonchev–Trinajstić information content (AvgIpc) is 3.03. The first-order chi connectivity index (χ1) is 11.2. The highest BCUT2D eigenvalue weighted by Crippen LogP contribution is 2.28. The number of carbonyl (C=O) groups is 1. The molecular weight excluding hydrogens is 298 g/mol. The van der Waals surface area contributed by atoms with E-state index in [2.05, 4.69) is 6.07 Å². The van der Waals surface area contributed by atoms with Gasteiger partial charge in [0, 0.05) is 6.42 Å². The highest BCUT2D eigenvalue weighted by atomic mass is 16.5. The number of aromatic carboxylic acids is 1. The minimum absolute atomic E-state index is 0.178. The molecule has 1 heterocycles. The SMILES string of the molecule is CCOc1ccccc1OCCC(C#N)c1ccc(C(=O)O)o1. The van der Waals surface area contributed by atoms with E-state index in [0.29, 0.717) is 30.3 Å². The highest BCUT2D eigenvalue weighted by molar-refractivity contribution is 5.84. The van der Waals surface area contributed by atoms with Gasteiger partial charge >= 0.3 is 5.97 Å². The third-order valence-electron chi connectivity index (χ3n) is 3.15. The molecule has 0 saturated carbocycles. The number of furan rings is 1. The standard InChI is InChI=1S/C17H17NO5/c1-2-21-14-5-3-4-6-15(14)22-10-9-12(11-18)13-7-8-16(23-13)17(19)20/h3-8,12H,2,9-10H2,1H3,(H,19,20). The number of hydrogen-bond acceptors (Lipinski definition) is 5. The molecular formula is C17H17NO5. The first kappa shape index (κ1) is 16.4. The van der Waals surface area contributed by atoms with Gasteiger partial charge < -0.3 is 19.0 Å². The van der Waals surface area contributed by atoms with Gasteiger partial charge in [0.25, 0.3) is 0 Å². The molecule has 0 spiro atoms. The van der Waals surface area contributed by atoms with Gasteiger partial charge in [-0.1, -0.05) is 12.1 Å². The van der Waals surface area contributed by atoms with Crippen molar-refractivity contribution in [3.05, 3.63) is 47.9 Å². The van der Waals surface area contributed by atoms with E-state index in [9.17, 15) is 10.1 Å². The number of carboxylic acids is 1. The van der Waals surface area contributed by atoms with E-state index < -0.39 is 11.9 Å². The van der Waals surface area contributed by atoms with Crippen LogP contribution in [0.1, 0.15) is 35.6 Å². The number of para-hydroxylation sites is 2. The van der Waals surface area contributed by atoms with Crippen molar-refractivity contribution in [1.82, 2.24) is 0 Å². The molecule has 2 aromatic rings. The van der Waals surface area contributed by atoms with E-state index in [1.807, 2.05) is 25.1 Å². The molecule has 6 heteroatoms. The zero-order valence-electron chi connectivity index (χ0n) is 12.7. The summed E-state index contributed by atoms with van der Waals surface area (Å²) >= 11 is 0. The minimum atomic E-state index is -1.16. The molecule has 6 nitrogen and oxygen atoms in total. The molecule has 0 aliphatic rings. The van der Waals surface area contributed by atoms with Crippen LogP contribution in [0.4, 0.5) is 0 Å². The Kier molecular flexibility index (Phi) is 5.64. The van der Waals surface area contributed by atoms with Crippen LogP contribution < -0.4 is 9.47 Å². The second-order valence-electron chi connectivity index (χ2n) is 4.71. The summed E-state index contributed by atoms with van der Waals surface area (Å²) in [4.78, 5) is 10.8. The van der Waals surface area contributed by atoms with Crippen LogP contribution in [-0.4, -0.2) is 24.3 Å². The maximum atomic E-state index is 10.8. The Labute approximate surface area is 133 Å². The highest BCUT2D eigenvalue weighted by Gasteiger charge is 2.18. The Bertz CT molecular complexity index is 701. The molecule has 0 radical (unpaired) electrons. The van der Waals surface area contributed by atoms with Gasteiger partial charge in [-0.3, -0.25) is 0 Å². The average molecular weight is 315 g/mol. The van der Waals surface area contributed by atoms with Crippen LogP contribution in [-0.2, 0) is 0 Å². The van der Waals surface area contributed by atoms with E-state index in [-0.39, 0.29) is 12.4 Å². The molecule has 120 valence electrons. The topological polar surface area (TPSA) is 92.7 Å². The molecule has 1 aromatic carbocycles. The van der Waals surface area contributed by atoms with Crippen LogP contribution in [0.3, 0.4) is 0 Å². The fraction of sp³-hybridized carbons (Fsp3) is 0.294. The van der Waals surface area contributed by atoms with Crippen LogP contribution >= 0.6 is 0 Å². The zero-order valence-corrected chi connectivity index (χ0v) is 12.7. The van der Waals surface area contributed by atoms with Gasteiger partial charge in [-0.2, -0.15) is 5.26 Å². The third kappa shape index (κ3) is 4.27. The maximum absolute atomic E-state index is 10.8. The zero-order chi connectivity index (χ0) is 16.7. The van der Waals surface area contributed by atoms with E-state index in [1.165, 1.54) is 12.1 Å². The molecule has 0 bridgehead atoms. The van der Waals surface area contributed by atoms with Gasteiger partial charge in [0.15, 0.2) is 11.5 Å². The molecule has 1 aromatic heterocycles. The van der Waals surface area contributed by atoms with E-state index in [0.717, 1.165) is 0 Å². The van der Waals surface area contributed by atoms with Crippen molar-refractivity contribution in [2.45, 2.75) is 19.3 Å². The smallest absolute Gasteiger partial charge is 0.371 e. The number of rotatable bonds is 8. The Morgan fingerprint density at radius 1 is 1.26 bits per heavy atom. The molecule has 1 unspecified atom stereocenters. The summed E-state index contributed by atoms with van der Waals surface area (Å²) in [5.74, 6) is -0.321. The number of hydrogen-bond donors (Lipinski definition) is 1. The molecule has 1 N–H and O–H groups in total. The number of benzene rings is 1. The van der Waals surface area contributed by atoms with Crippen molar-refractivity contribution in [1.29, 1.82) is 5.26 Å². The Hall–Kier alpha value is -2.94. The fourth-order valence-electron chi connectivity index (χ4n) is 2.06. The van der Waals surface area contributed by atoms with Crippen molar-refractivity contribution in [3.8, 4) is 17.6 Å². The second-order valence-corrected chi connectivity index (χ2v) is 4.71. The molecule has 0 saturated heterocycles. The predicted octanol–water partition coefficient (Wildman–Crippen LogP) is 3.45. The van der Waals surface area contributed by atoms with Gasteiger partial charge in [-0.25, -0.2) is 4.79 Å². The predicted molar refractivity (Wildman–Crippen MR) is 81.7 cm³/mol. The molecule has 0 aliphatic heterocycles. The van der Waals surface area contributed by atoms with E-state index in [1.54, 1.807) is 6.07 Å². The van der Waals surface area contributed by atoms with Gasteiger partial charge in [-0.15, -0.1) is 0 Å². The van der Waals surface area contributed by atoms with Gasteiger partial charge in [0.2, 0.25) is 5.76 Å². The third-order valence-corrected chi connectivity index (χ3v) is 3.15. The summed E-state index contributed by atoms with van der Waals surface area (Å²) in [6.45, 7) is 2.70. The summed E-state index contributed by atoms with van der Waals surface area (Å²) in [6.07, 6.45) is 0.379. The second kappa shape index (κ2) is 7.90. The number of nitriles is 1. The lowest BCUT2D eigenvalue weighted by Gasteiger charge is -2.12. The van der Waals surface area contributed by atoms with Crippen molar-refractivity contribution >= 4 is 5.97 Å². The Balaban J connectivity index is 1.96. The van der Waals surface area contributed by atoms with Crippen molar-refractivity contribution < 1.29 is 23.8 Å². The summed E-state index contributed by atoms with van der Waals surface area (Å²) in [5.41, 5.74) is 0. The Morgan fingerprint density at radius 3 is 2.52 bits per heavy atom. The summed E-state index contributed by atoms with van der Waals surface area (Å²) in [7, 11) is 0. The van der Waals surface area contributed by atoms with Crippen LogP contribution in [0.15, 0.2) is 40.8 Å². The van der Waals surface area contributed by atoms with Crippen LogP contribution in [0, 0.1) is 11.3 Å². The summed E-state index contributed by atoms with van der Waals surface area (Å²) in [5, 5.41) is 18.1. The summed E-state index contributed by atoms with van der Waals surface area (Å²) in [6, 6.07) is 12.2. The quantitative estimate of drug-likeness (QED) is 0.802. The largest absolute Gasteiger partial charge is 0.490 e. The number of carboxylic acid groups (broad SMARTS) is 1. The maximum Gasteiger partial charge on any atom is 0.371 e. The monoisotopic (exact) mass is 315 g/mol. The van der Waals surface area contributed by atoms with Gasteiger partial charge in [0.1, 0.15) is 11.7 Å². The van der Waals surface area contributed by atoms with Gasteiger partial charge in [-0.05, 0) is 31.2 Å². The molecule has 0 aliphatic carbocycles. The first-order valence-electron chi connectivity index (χ1n) is 7.23. The van der Waals surface area contributed by atoms with Crippen molar-refractivity contribution in [2.75, 3.05) is 13.2 Å². The van der Waals surface area contributed by atoms with Crippen molar-refractivity contribution in [2.24, 2.45) is 0 Å². The molecule has 0 amide bonds. The van der Waals surface area contributed by atoms with Crippen LogP contribution in [0.2, 0.25) is 0 Å². The van der Waals surface area contributed by atoms with Crippen LogP contribution in [0.5, 0.6) is 11.5 Å². The molecule has 0 fully saturated rings. The van der Waals surface area contributed by atoms with Gasteiger partial charge in [0.05, 0.1) is 19.3 Å². The lowest BCUT2D eigenvalue weighted by atomic mass is 10.1.